The summed E-state index contributed by atoms with van der Waals surface area (Å²) < 4.78 is 0. The van der Waals surface area contributed by atoms with Gasteiger partial charge in [-0.25, -0.2) is 0 Å². The monoisotopic (exact) mass is 369 g/mol. The van der Waals surface area contributed by atoms with Gasteiger partial charge in [-0.1, -0.05) is 54.6 Å². The van der Waals surface area contributed by atoms with Crippen LogP contribution in [0.15, 0.2) is 83.5 Å². The minimum Gasteiger partial charge on any atom is -0.362 e. The summed E-state index contributed by atoms with van der Waals surface area (Å²) in [7, 11) is 0. The maximum atomic E-state index is 5.26. The molecule has 0 amide bonds. The van der Waals surface area contributed by atoms with Crippen molar-refractivity contribution < 1.29 is 0 Å². The lowest BCUT2D eigenvalue weighted by atomic mass is 9.80. The van der Waals surface area contributed by atoms with E-state index in [1.54, 1.807) is 0 Å². The minimum atomic E-state index is -0.190. The molecule has 1 aromatic heterocycles. The Kier molecular flexibility index (Phi) is 4.38. The fourth-order valence-electron chi connectivity index (χ4n) is 4.76. The Hall–Kier alpha value is -2.68. The molecule has 2 aromatic rings. The van der Waals surface area contributed by atoms with Crippen LogP contribution in [0.5, 0.6) is 0 Å². The van der Waals surface area contributed by atoms with Gasteiger partial charge in [0.15, 0.2) is 0 Å². The lowest BCUT2D eigenvalue weighted by molar-refractivity contribution is 0.400. The number of aryl methyl sites for hydroxylation is 1. The van der Waals surface area contributed by atoms with Crippen molar-refractivity contribution in [3.05, 3.63) is 89.8 Å². The first kappa shape index (κ1) is 17.4. The summed E-state index contributed by atoms with van der Waals surface area (Å²) >= 11 is 0. The Morgan fingerprint density at radius 1 is 1.07 bits per heavy atom. The summed E-state index contributed by atoms with van der Waals surface area (Å²) in [5.74, 6) is 2.51. The van der Waals surface area contributed by atoms with Gasteiger partial charge in [-0.05, 0) is 61.3 Å². The smallest absolute Gasteiger partial charge is 0.100 e. The van der Waals surface area contributed by atoms with E-state index in [1.165, 1.54) is 17.6 Å². The molecule has 0 saturated heterocycles. The van der Waals surface area contributed by atoms with E-state index in [0.717, 1.165) is 36.7 Å². The molecule has 0 spiro atoms. The van der Waals surface area contributed by atoms with Crippen molar-refractivity contribution in [3.8, 4) is 0 Å². The number of pyridine rings is 1. The van der Waals surface area contributed by atoms with Crippen molar-refractivity contribution in [1.29, 1.82) is 0 Å². The number of hydrogen-bond acceptors (Lipinski definition) is 3. The maximum Gasteiger partial charge on any atom is 0.100 e. The first-order valence-electron chi connectivity index (χ1n) is 10.4. The van der Waals surface area contributed by atoms with E-state index in [-0.39, 0.29) is 11.6 Å². The standard InChI is InChI=1S/C25H27N3/c1-25(19-10-3-2-4-11-19)24(21-13-6-5-9-18-17-22(18)21)27-23(28-25)15-14-20-12-7-8-16-26-20/h2-5,7-13,16,18,22,24H,6,14-15,17H2,1H3,(H,27,28)/t18?,22?,24-,25+/m1/s1. The van der Waals surface area contributed by atoms with Gasteiger partial charge in [-0.15, -0.1) is 0 Å². The SMILES string of the molecule is C[C@@]1(c2ccccc2)NC(CCc2ccccn2)=N[C@@H]1C1=CCC=CC2CC12. The Bertz CT molecular complexity index is 929. The van der Waals surface area contributed by atoms with Crippen LogP contribution in [0.1, 0.15) is 37.4 Å². The lowest BCUT2D eigenvalue weighted by Crippen LogP contribution is -2.46. The number of benzene rings is 1. The molecule has 2 heterocycles. The number of fused-ring (bicyclic) bond motifs is 1. The fourth-order valence-corrected chi connectivity index (χ4v) is 4.76. The van der Waals surface area contributed by atoms with Crippen LogP contribution in [0.25, 0.3) is 0 Å². The van der Waals surface area contributed by atoms with Gasteiger partial charge in [0.25, 0.3) is 0 Å². The van der Waals surface area contributed by atoms with Crippen molar-refractivity contribution in [3.63, 3.8) is 0 Å². The van der Waals surface area contributed by atoms with Crippen LogP contribution >= 0.6 is 0 Å². The number of amidine groups is 1. The predicted molar refractivity (Wildman–Crippen MR) is 114 cm³/mol. The molecule has 3 nitrogen and oxygen atoms in total. The number of nitrogens with one attached hydrogen (secondary N) is 1. The number of allylic oxidation sites excluding steroid dienone is 3. The Morgan fingerprint density at radius 3 is 2.75 bits per heavy atom. The molecule has 28 heavy (non-hydrogen) atoms. The molecule has 1 aliphatic heterocycles. The molecule has 142 valence electrons. The van der Waals surface area contributed by atoms with Crippen LogP contribution in [0.4, 0.5) is 0 Å². The normalized spacial score (nSPS) is 30.7. The van der Waals surface area contributed by atoms with E-state index in [9.17, 15) is 0 Å². The molecule has 1 N–H and O–H groups in total. The van der Waals surface area contributed by atoms with Crippen LogP contribution in [0, 0.1) is 11.8 Å². The molecular formula is C25H27N3. The Balaban J connectivity index is 1.44. The van der Waals surface area contributed by atoms with E-state index in [1.807, 2.05) is 12.3 Å². The van der Waals surface area contributed by atoms with E-state index in [4.69, 9.17) is 4.99 Å². The molecule has 5 rings (SSSR count). The van der Waals surface area contributed by atoms with Gasteiger partial charge in [-0.2, -0.15) is 0 Å². The fraction of sp³-hybridized carbons (Fsp3) is 0.360. The summed E-state index contributed by atoms with van der Waals surface area (Å²) in [6.07, 6.45) is 13.2. The summed E-state index contributed by atoms with van der Waals surface area (Å²) in [6, 6.07) is 17.1. The van der Waals surface area contributed by atoms with E-state index in [2.05, 4.69) is 77.9 Å². The highest BCUT2D eigenvalue weighted by Gasteiger charge is 2.49. The van der Waals surface area contributed by atoms with Gasteiger partial charge >= 0.3 is 0 Å². The minimum absolute atomic E-state index is 0.170. The number of rotatable bonds is 5. The molecule has 4 atom stereocenters. The molecule has 0 radical (unpaired) electrons. The molecule has 3 aliphatic rings. The average molecular weight is 370 g/mol. The van der Waals surface area contributed by atoms with Crippen molar-refractivity contribution in [1.82, 2.24) is 10.3 Å². The first-order valence-corrected chi connectivity index (χ1v) is 10.4. The molecular weight excluding hydrogens is 342 g/mol. The van der Waals surface area contributed by atoms with Gasteiger partial charge in [0.05, 0.1) is 11.4 Å². The Morgan fingerprint density at radius 2 is 1.93 bits per heavy atom. The van der Waals surface area contributed by atoms with Gasteiger partial charge in [0.1, 0.15) is 6.04 Å². The third kappa shape index (κ3) is 3.19. The lowest BCUT2D eigenvalue weighted by Gasteiger charge is -2.33. The second-order valence-corrected chi connectivity index (χ2v) is 8.37. The van der Waals surface area contributed by atoms with Crippen LogP contribution < -0.4 is 5.32 Å². The predicted octanol–water partition coefficient (Wildman–Crippen LogP) is 4.82. The van der Waals surface area contributed by atoms with Crippen LogP contribution in [0.3, 0.4) is 0 Å². The number of aromatic nitrogens is 1. The van der Waals surface area contributed by atoms with Gasteiger partial charge in [0, 0.05) is 18.3 Å². The number of nitrogens with zero attached hydrogens (tertiary/aromatic N) is 2. The molecule has 1 saturated carbocycles. The van der Waals surface area contributed by atoms with E-state index in [0.29, 0.717) is 5.92 Å². The van der Waals surface area contributed by atoms with Crippen molar-refractivity contribution in [2.24, 2.45) is 16.8 Å². The maximum absolute atomic E-state index is 5.26. The first-order chi connectivity index (χ1) is 13.7. The number of hydrogen-bond donors (Lipinski definition) is 1. The Labute approximate surface area is 167 Å². The number of aliphatic imine (C=N–C) groups is 1. The van der Waals surface area contributed by atoms with Gasteiger partial charge < -0.3 is 5.32 Å². The van der Waals surface area contributed by atoms with Gasteiger partial charge in [-0.3, -0.25) is 9.98 Å². The molecule has 0 bridgehead atoms. The third-order valence-corrected chi connectivity index (χ3v) is 6.41. The molecule has 2 unspecified atom stereocenters. The van der Waals surface area contributed by atoms with E-state index < -0.39 is 0 Å². The van der Waals surface area contributed by atoms with Crippen molar-refractivity contribution in [2.75, 3.05) is 0 Å². The molecule has 3 heteroatoms. The van der Waals surface area contributed by atoms with Crippen LogP contribution in [-0.2, 0) is 12.0 Å². The summed E-state index contributed by atoms with van der Waals surface area (Å²) in [4.78, 5) is 9.73. The second-order valence-electron chi connectivity index (χ2n) is 8.37. The topological polar surface area (TPSA) is 37.3 Å². The highest BCUT2D eigenvalue weighted by atomic mass is 15.2. The summed E-state index contributed by atoms with van der Waals surface area (Å²) in [6.45, 7) is 2.32. The zero-order valence-corrected chi connectivity index (χ0v) is 16.4. The largest absolute Gasteiger partial charge is 0.362 e. The highest BCUT2D eigenvalue weighted by molar-refractivity contribution is 5.86. The zero-order valence-electron chi connectivity index (χ0n) is 16.4. The molecule has 1 fully saturated rings. The van der Waals surface area contributed by atoms with Crippen molar-refractivity contribution in [2.45, 2.75) is 44.2 Å². The van der Waals surface area contributed by atoms with Gasteiger partial charge in [0.2, 0.25) is 0 Å². The zero-order chi connectivity index (χ0) is 19.0. The van der Waals surface area contributed by atoms with E-state index >= 15 is 0 Å². The average Bonchev–Trinajstić information content (AvgIpc) is 3.45. The highest BCUT2D eigenvalue weighted by Crippen LogP contribution is 2.51. The summed E-state index contributed by atoms with van der Waals surface area (Å²) in [5, 5.41) is 3.82. The van der Waals surface area contributed by atoms with Crippen LogP contribution in [-0.4, -0.2) is 16.9 Å². The summed E-state index contributed by atoms with van der Waals surface area (Å²) in [5.41, 5.74) is 3.77. The second kappa shape index (κ2) is 7.05. The molecule has 2 aliphatic carbocycles. The third-order valence-electron chi connectivity index (χ3n) is 6.41. The van der Waals surface area contributed by atoms with Crippen LogP contribution in [0.2, 0.25) is 0 Å². The quantitative estimate of drug-likeness (QED) is 0.767. The molecule has 1 aromatic carbocycles. The van der Waals surface area contributed by atoms with Crippen molar-refractivity contribution >= 4 is 5.84 Å².